The van der Waals surface area contributed by atoms with Gasteiger partial charge in [-0.2, -0.15) is 11.8 Å². The van der Waals surface area contributed by atoms with Crippen LogP contribution in [0.25, 0.3) is 0 Å². The summed E-state index contributed by atoms with van der Waals surface area (Å²) in [7, 11) is 0. The van der Waals surface area contributed by atoms with Crippen molar-refractivity contribution in [3.05, 3.63) is 0 Å². The van der Waals surface area contributed by atoms with E-state index in [-0.39, 0.29) is 0 Å². The summed E-state index contributed by atoms with van der Waals surface area (Å²) in [6.45, 7) is 3.91. The number of hydrogen-bond acceptors (Lipinski definition) is 3. The predicted octanol–water partition coefficient (Wildman–Crippen LogP) is 1.20. The summed E-state index contributed by atoms with van der Waals surface area (Å²) in [5, 5.41) is 9.76. The van der Waals surface area contributed by atoms with Crippen LogP contribution >= 0.6 is 11.8 Å². The Balaban J connectivity index is 1.62. The van der Waals surface area contributed by atoms with Crippen molar-refractivity contribution in [3.63, 3.8) is 0 Å². The Morgan fingerprint density at radius 3 is 2.77 bits per heavy atom. The quantitative estimate of drug-likeness (QED) is 0.742. The lowest BCUT2D eigenvalue weighted by Gasteiger charge is -2.40. The molecule has 0 spiro atoms. The van der Waals surface area contributed by atoms with E-state index in [0.29, 0.717) is 12.5 Å². The molecule has 0 saturated carbocycles. The van der Waals surface area contributed by atoms with Crippen LogP contribution in [0.1, 0.15) is 19.3 Å². The van der Waals surface area contributed by atoms with Crippen LogP contribution in [-0.4, -0.2) is 47.3 Å². The minimum absolute atomic E-state index is 0.383. The van der Waals surface area contributed by atoms with Gasteiger partial charge in [0.1, 0.15) is 0 Å². The summed E-state index contributed by atoms with van der Waals surface area (Å²) in [5.74, 6) is 1.94. The molecule has 2 rings (SSSR count). The minimum Gasteiger partial charge on any atom is -0.396 e. The van der Waals surface area contributed by atoms with Gasteiger partial charge in [-0.15, -0.1) is 0 Å². The SMILES string of the molecule is OCC1CN(CC2CCCCS2)C1. The average molecular weight is 201 g/mol. The molecule has 2 aliphatic rings. The van der Waals surface area contributed by atoms with Crippen molar-refractivity contribution in [1.82, 2.24) is 4.90 Å². The van der Waals surface area contributed by atoms with Crippen LogP contribution in [0, 0.1) is 5.92 Å². The molecule has 1 atom stereocenters. The zero-order chi connectivity index (χ0) is 9.10. The number of rotatable bonds is 3. The molecule has 2 saturated heterocycles. The van der Waals surface area contributed by atoms with Gasteiger partial charge in [-0.1, -0.05) is 6.42 Å². The molecule has 0 radical (unpaired) electrons. The summed E-state index contributed by atoms with van der Waals surface area (Å²) in [6, 6.07) is 0. The monoisotopic (exact) mass is 201 g/mol. The molecule has 13 heavy (non-hydrogen) atoms. The van der Waals surface area contributed by atoms with Crippen LogP contribution in [0.5, 0.6) is 0 Å². The van der Waals surface area contributed by atoms with Crippen LogP contribution in [-0.2, 0) is 0 Å². The van der Waals surface area contributed by atoms with Crippen LogP contribution in [0.3, 0.4) is 0 Å². The van der Waals surface area contributed by atoms with Crippen molar-refractivity contribution < 1.29 is 5.11 Å². The lowest BCUT2D eigenvalue weighted by Crippen LogP contribution is -2.50. The lowest BCUT2D eigenvalue weighted by molar-refractivity contribution is 0.0538. The van der Waals surface area contributed by atoms with Crippen molar-refractivity contribution in [2.75, 3.05) is 32.0 Å². The number of aliphatic hydroxyl groups is 1. The molecule has 1 N–H and O–H groups in total. The van der Waals surface area contributed by atoms with Gasteiger partial charge in [0, 0.05) is 37.4 Å². The number of nitrogens with zero attached hydrogens (tertiary/aromatic N) is 1. The first-order chi connectivity index (χ1) is 6.38. The van der Waals surface area contributed by atoms with Crippen molar-refractivity contribution >= 4 is 11.8 Å². The van der Waals surface area contributed by atoms with Crippen molar-refractivity contribution in [1.29, 1.82) is 0 Å². The molecule has 2 heterocycles. The summed E-state index contributed by atoms with van der Waals surface area (Å²) in [4.78, 5) is 2.49. The van der Waals surface area contributed by atoms with Gasteiger partial charge < -0.3 is 10.0 Å². The van der Waals surface area contributed by atoms with Gasteiger partial charge in [0.25, 0.3) is 0 Å². The van der Waals surface area contributed by atoms with Gasteiger partial charge in [0.2, 0.25) is 0 Å². The summed E-state index contributed by atoms with van der Waals surface area (Å²) in [5.41, 5.74) is 0. The van der Waals surface area contributed by atoms with Crippen molar-refractivity contribution in [2.24, 2.45) is 5.92 Å². The third kappa shape index (κ3) is 2.61. The molecule has 0 amide bonds. The Hall–Kier alpha value is 0.270. The molecule has 2 fully saturated rings. The Morgan fingerprint density at radius 2 is 2.15 bits per heavy atom. The Kier molecular flexibility index (Phi) is 3.52. The second-order valence-electron chi connectivity index (χ2n) is 4.26. The lowest BCUT2D eigenvalue weighted by atomic mass is 10.0. The van der Waals surface area contributed by atoms with E-state index in [9.17, 15) is 0 Å². The van der Waals surface area contributed by atoms with Crippen molar-refractivity contribution in [3.8, 4) is 0 Å². The number of aliphatic hydroxyl groups excluding tert-OH is 1. The topological polar surface area (TPSA) is 23.5 Å². The maximum Gasteiger partial charge on any atom is 0.0483 e. The fourth-order valence-electron chi connectivity index (χ4n) is 2.18. The van der Waals surface area contributed by atoms with E-state index < -0.39 is 0 Å². The molecular formula is C10H19NOS. The summed E-state index contributed by atoms with van der Waals surface area (Å²) < 4.78 is 0. The second-order valence-corrected chi connectivity index (χ2v) is 5.66. The highest BCUT2D eigenvalue weighted by atomic mass is 32.2. The highest BCUT2D eigenvalue weighted by Crippen LogP contribution is 2.27. The van der Waals surface area contributed by atoms with Crippen LogP contribution in [0.2, 0.25) is 0 Å². The minimum atomic E-state index is 0.383. The van der Waals surface area contributed by atoms with Gasteiger partial charge in [0.05, 0.1) is 0 Å². The molecule has 76 valence electrons. The van der Waals surface area contributed by atoms with Gasteiger partial charge in [0.15, 0.2) is 0 Å². The summed E-state index contributed by atoms with van der Waals surface area (Å²) in [6.07, 6.45) is 4.25. The van der Waals surface area contributed by atoms with Crippen LogP contribution in [0.4, 0.5) is 0 Å². The zero-order valence-electron chi connectivity index (χ0n) is 8.11. The summed E-state index contributed by atoms with van der Waals surface area (Å²) >= 11 is 2.15. The van der Waals surface area contributed by atoms with E-state index in [1.807, 2.05) is 0 Å². The number of likely N-dealkylation sites (tertiary alicyclic amines) is 1. The van der Waals surface area contributed by atoms with Crippen LogP contribution in [0.15, 0.2) is 0 Å². The van der Waals surface area contributed by atoms with E-state index >= 15 is 0 Å². The second kappa shape index (κ2) is 4.67. The molecule has 2 aliphatic heterocycles. The highest BCUT2D eigenvalue weighted by Gasteiger charge is 2.28. The third-order valence-electron chi connectivity index (χ3n) is 3.03. The van der Waals surface area contributed by atoms with E-state index in [2.05, 4.69) is 16.7 Å². The molecule has 0 aromatic heterocycles. The van der Waals surface area contributed by atoms with E-state index in [0.717, 1.165) is 18.3 Å². The molecule has 0 aliphatic carbocycles. The average Bonchev–Trinajstić information content (AvgIpc) is 2.12. The molecule has 0 aromatic carbocycles. The Labute approximate surface area is 84.7 Å². The first-order valence-corrected chi connectivity index (χ1v) is 6.38. The van der Waals surface area contributed by atoms with Crippen LogP contribution < -0.4 is 0 Å². The fraction of sp³-hybridized carbons (Fsp3) is 1.00. The molecule has 2 nitrogen and oxygen atoms in total. The normalized spacial score (nSPS) is 31.6. The molecule has 0 aromatic rings. The first kappa shape index (κ1) is 9.81. The van der Waals surface area contributed by atoms with Gasteiger partial charge in [-0.05, 0) is 18.6 Å². The highest BCUT2D eigenvalue weighted by molar-refractivity contribution is 7.99. The Morgan fingerprint density at radius 1 is 1.31 bits per heavy atom. The molecule has 3 heteroatoms. The molecule has 0 bridgehead atoms. The van der Waals surface area contributed by atoms with Crippen molar-refractivity contribution in [2.45, 2.75) is 24.5 Å². The zero-order valence-corrected chi connectivity index (χ0v) is 8.93. The van der Waals surface area contributed by atoms with E-state index in [1.165, 1.54) is 31.6 Å². The maximum atomic E-state index is 8.88. The number of thioether (sulfide) groups is 1. The Bertz CT molecular complexity index is 153. The van der Waals surface area contributed by atoms with E-state index in [1.54, 1.807) is 0 Å². The van der Waals surface area contributed by atoms with Gasteiger partial charge in [-0.3, -0.25) is 0 Å². The first-order valence-electron chi connectivity index (χ1n) is 5.33. The number of hydrogen-bond donors (Lipinski definition) is 1. The van der Waals surface area contributed by atoms with Gasteiger partial charge >= 0.3 is 0 Å². The smallest absolute Gasteiger partial charge is 0.0483 e. The molecular weight excluding hydrogens is 182 g/mol. The van der Waals surface area contributed by atoms with E-state index in [4.69, 9.17) is 5.11 Å². The maximum absolute atomic E-state index is 8.88. The largest absolute Gasteiger partial charge is 0.396 e. The fourth-order valence-corrected chi connectivity index (χ4v) is 3.53. The standard InChI is InChI=1S/C10H19NOS/c12-8-9-5-11(6-9)7-10-3-1-2-4-13-10/h9-10,12H,1-8H2. The predicted molar refractivity (Wildman–Crippen MR) is 57.1 cm³/mol. The third-order valence-corrected chi connectivity index (χ3v) is 4.41. The van der Waals surface area contributed by atoms with Gasteiger partial charge in [-0.25, -0.2) is 0 Å². The molecule has 1 unspecified atom stereocenters.